The molecule has 1 aliphatic rings. The molecular weight excluding hydrogens is 241 g/mol. The Morgan fingerprint density at radius 3 is 3.12 bits per heavy atom. The molecule has 0 saturated carbocycles. The molecule has 1 unspecified atom stereocenters. The molecule has 1 heterocycles. The number of benzene rings is 1. The van der Waals surface area contributed by atoms with Gasteiger partial charge in [0, 0.05) is 11.6 Å². The van der Waals surface area contributed by atoms with Crippen molar-refractivity contribution in [3.63, 3.8) is 0 Å². The Hall–Kier alpha value is -0.640. The smallest absolute Gasteiger partial charge is 0.123 e. The number of hydrogen-bond donors (Lipinski definition) is 1. The minimum Gasteiger partial charge on any atom is -0.376 e. The predicted octanol–water partition coefficient (Wildman–Crippen LogP) is 3.00. The van der Waals surface area contributed by atoms with E-state index >= 15 is 0 Å². The van der Waals surface area contributed by atoms with E-state index in [1.807, 2.05) is 0 Å². The van der Waals surface area contributed by atoms with Gasteiger partial charge >= 0.3 is 0 Å². The highest BCUT2D eigenvalue weighted by molar-refractivity contribution is 6.31. The van der Waals surface area contributed by atoms with E-state index in [0.29, 0.717) is 24.2 Å². The lowest BCUT2D eigenvalue weighted by molar-refractivity contribution is 0.0782. The SMILES string of the molecule is Fc1ccc(Cl)c(COCC2CCCNC2)c1. The van der Waals surface area contributed by atoms with Gasteiger partial charge in [-0.3, -0.25) is 0 Å². The molecule has 1 N–H and O–H groups in total. The van der Waals surface area contributed by atoms with Crippen LogP contribution in [0.1, 0.15) is 18.4 Å². The molecule has 0 aromatic heterocycles. The Bertz CT molecular complexity index is 366. The van der Waals surface area contributed by atoms with Gasteiger partial charge in [0.15, 0.2) is 0 Å². The quantitative estimate of drug-likeness (QED) is 0.895. The molecular formula is C13H17ClFNO. The first-order chi connectivity index (χ1) is 8.25. The molecule has 0 radical (unpaired) electrons. The van der Waals surface area contributed by atoms with Crippen LogP contribution in [0.2, 0.25) is 5.02 Å². The van der Waals surface area contributed by atoms with Crippen LogP contribution in [0.15, 0.2) is 18.2 Å². The van der Waals surface area contributed by atoms with Crippen LogP contribution in [0.3, 0.4) is 0 Å². The monoisotopic (exact) mass is 257 g/mol. The summed E-state index contributed by atoms with van der Waals surface area (Å²) in [5.41, 5.74) is 0.718. The van der Waals surface area contributed by atoms with E-state index in [9.17, 15) is 4.39 Å². The third kappa shape index (κ3) is 3.95. The van der Waals surface area contributed by atoms with Gasteiger partial charge in [0.1, 0.15) is 5.82 Å². The first-order valence-corrected chi connectivity index (χ1v) is 6.36. The summed E-state index contributed by atoms with van der Waals surface area (Å²) in [4.78, 5) is 0. The minimum absolute atomic E-state index is 0.271. The summed E-state index contributed by atoms with van der Waals surface area (Å²) in [5, 5.41) is 3.90. The molecule has 4 heteroatoms. The fourth-order valence-corrected chi connectivity index (χ4v) is 2.23. The summed E-state index contributed by atoms with van der Waals surface area (Å²) in [7, 11) is 0. The van der Waals surface area contributed by atoms with Crippen molar-refractivity contribution in [2.24, 2.45) is 5.92 Å². The lowest BCUT2D eigenvalue weighted by Gasteiger charge is -2.22. The van der Waals surface area contributed by atoms with Gasteiger partial charge in [-0.2, -0.15) is 0 Å². The zero-order valence-electron chi connectivity index (χ0n) is 9.72. The molecule has 94 valence electrons. The van der Waals surface area contributed by atoms with E-state index in [-0.39, 0.29) is 5.82 Å². The van der Waals surface area contributed by atoms with Gasteiger partial charge in [0.2, 0.25) is 0 Å². The van der Waals surface area contributed by atoms with E-state index in [4.69, 9.17) is 16.3 Å². The van der Waals surface area contributed by atoms with Gasteiger partial charge in [0.25, 0.3) is 0 Å². The molecule has 1 saturated heterocycles. The first-order valence-electron chi connectivity index (χ1n) is 5.98. The summed E-state index contributed by atoms with van der Waals surface area (Å²) in [5.74, 6) is 0.295. The molecule has 17 heavy (non-hydrogen) atoms. The number of hydrogen-bond acceptors (Lipinski definition) is 2. The van der Waals surface area contributed by atoms with Crippen molar-refractivity contribution in [2.75, 3.05) is 19.7 Å². The first kappa shape index (κ1) is 12.8. The molecule has 0 amide bonds. The summed E-state index contributed by atoms with van der Waals surface area (Å²) in [6, 6.07) is 4.36. The summed E-state index contributed by atoms with van der Waals surface area (Å²) in [6.45, 7) is 3.20. The normalized spacial score (nSPS) is 20.5. The Kier molecular flexibility index (Phi) is 4.77. The number of ether oxygens (including phenoxy) is 1. The van der Waals surface area contributed by atoms with Gasteiger partial charge in [-0.05, 0) is 49.1 Å². The van der Waals surface area contributed by atoms with Gasteiger partial charge in [-0.25, -0.2) is 4.39 Å². The Labute approximate surface area is 106 Å². The average Bonchev–Trinajstić information content (AvgIpc) is 2.35. The molecule has 1 aliphatic heterocycles. The maximum atomic E-state index is 13.0. The highest BCUT2D eigenvalue weighted by atomic mass is 35.5. The second-order valence-electron chi connectivity index (χ2n) is 4.46. The van der Waals surface area contributed by atoms with Gasteiger partial charge < -0.3 is 10.1 Å². The third-order valence-electron chi connectivity index (χ3n) is 3.02. The Balaban J connectivity index is 1.79. The minimum atomic E-state index is -0.271. The predicted molar refractivity (Wildman–Crippen MR) is 66.7 cm³/mol. The van der Waals surface area contributed by atoms with Crippen molar-refractivity contribution in [3.8, 4) is 0 Å². The molecule has 2 nitrogen and oxygen atoms in total. The maximum Gasteiger partial charge on any atom is 0.123 e. The highest BCUT2D eigenvalue weighted by Crippen LogP contribution is 2.19. The standard InChI is InChI=1S/C13H17ClFNO/c14-13-4-3-12(15)6-11(13)9-17-8-10-2-1-5-16-7-10/h3-4,6,10,16H,1-2,5,7-9H2. The molecule has 0 spiro atoms. The van der Waals surface area contributed by atoms with Crippen LogP contribution in [0.4, 0.5) is 4.39 Å². The topological polar surface area (TPSA) is 21.3 Å². The second kappa shape index (κ2) is 6.34. The Morgan fingerprint density at radius 2 is 2.35 bits per heavy atom. The highest BCUT2D eigenvalue weighted by Gasteiger charge is 2.13. The van der Waals surface area contributed by atoms with Gasteiger partial charge in [-0.15, -0.1) is 0 Å². The number of rotatable bonds is 4. The molecule has 1 atom stereocenters. The summed E-state index contributed by atoms with van der Waals surface area (Å²) >= 11 is 5.96. The van der Waals surface area contributed by atoms with E-state index < -0.39 is 0 Å². The molecule has 2 rings (SSSR count). The fraction of sp³-hybridized carbons (Fsp3) is 0.538. The van der Waals surface area contributed by atoms with Crippen molar-refractivity contribution in [1.29, 1.82) is 0 Å². The third-order valence-corrected chi connectivity index (χ3v) is 3.39. The van der Waals surface area contributed by atoms with Crippen LogP contribution in [0, 0.1) is 11.7 Å². The van der Waals surface area contributed by atoms with Crippen molar-refractivity contribution in [1.82, 2.24) is 5.32 Å². The van der Waals surface area contributed by atoms with Crippen molar-refractivity contribution < 1.29 is 9.13 Å². The molecule has 0 bridgehead atoms. The molecule has 1 fully saturated rings. The van der Waals surface area contributed by atoms with Gasteiger partial charge in [-0.1, -0.05) is 11.6 Å². The van der Waals surface area contributed by atoms with Crippen molar-refractivity contribution in [2.45, 2.75) is 19.4 Å². The fourth-order valence-electron chi connectivity index (χ4n) is 2.06. The zero-order chi connectivity index (χ0) is 12.1. The zero-order valence-corrected chi connectivity index (χ0v) is 10.5. The summed E-state index contributed by atoms with van der Waals surface area (Å²) in [6.07, 6.45) is 2.40. The lowest BCUT2D eigenvalue weighted by Crippen LogP contribution is -2.32. The van der Waals surface area contributed by atoms with Crippen LogP contribution in [0.25, 0.3) is 0 Å². The summed E-state index contributed by atoms with van der Waals surface area (Å²) < 4.78 is 18.6. The Morgan fingerprint density at radius 1 is 1.47 bits per heavy atom. The second-order valence-corrected chi connectivity index (χ2v) is 4.87. The number of halogens is 2. The van der Waals surface area contributed by atoms with Crippen molar-refractivity contribution in [3.05, 3.63) is 34.6 Å². The van der Waals surface area contributed by atoms with Crippen LogP contribution in [0.5, 0.6) is 0 Å². The van der Waals surface area contributed by atoms with Crippen LogP contribution < -0.4 is 5.32 Å². The van der Waals surface area contributed by atoms with E-state index in [2.05, 4.69) is 5.32 Å². The molecule has 0 aliphatic carbocycles. The maximum absolute atomic E-state index is 13.0. The lowest BCUT2D eigenvalue weighted by atomic mass is 10.0. The van der Waals surface area contributed by atoms with E-state index in [1.54, 1.807) is 6.07 Å². The van der Waals surface area contributed by atoms with E-state index in [0.717, 1.165) is 18.7 Å². The van der Waals surface area contributed by atoms with Crippen LogP contribution in [-0.4, -0.2) is 19.7 Å². The van der Waals surface area contributed by atoms with Crippen LogP contribution >= 0.6 is 11.6 Å². The number of nitrogens with one attached hydrogen (secondary N) is 1. The number of piperidine rings is 1. The van der Waals surface area contributed by atoms with Crippen molar-refractivity contribution >= 4 is 11.6 Å². The molecule has 1 aromatic carbocycles. The average molecular weight is 258 g/mol. The largest absolute Gasteiger partial charge is 0.376 e. The molecule has 1 aromatic rings. The van der Waals surface area contributed by atoms with E-state index in [1.165, 1.54) is 25.0 Å². The van der Waals surface area contributed by atoms with Gasteiger partial charge in [0.05, 0.1) is 13.2 Å². The van der Waals surface area contributed by atoms with Crippen LogP contribution in [-0.2, 0) is 11.3 Å².